The molecule has 2 rings (SSSR count). The minimum Gasteiger partial charge on any atom is -0.383 e. The minimum atomic E-state index is -3.70. The van der Waals surface area contributed by atoms with Crippen molar-refractivity contribution in [2.45, 2.75) is 9.79 Å². The third kappa shape index (κ3) is 2.59. The number of thioether (sulfide) groups is 1. The highest BCUT2D eigenvalue weighted by Gasteiger charge is 2.19. The molecule has 1 heterocycles. The highest BCUT2D eigenvalue weighted by atomic mass is 32.2. The fourth-order valence-electron chi connectivity index (χ4n) is 1.40. The number of nitrogens with one attached hydrogen (secondary N) is 2. The van der Waals surface area contributed by atoms with Crippen molar-refractivity contribution in [2.75, 3.05) is 16.7 Å². The number of rotatable bonds is 4. The summed E-state index contributed by atoms with van der Waals surface area (Å²) < 4.78 is 26.5. The standard InChI is InChI=1S/C10H12N4O2S2/c1-17-8-4-2-3-7(5-8)14-18(15,16)9-6-12-13-10(9)11/h2-6,14H,1H3,(H3,11,12,13). The number of nitrogen functional groups attached to an aromatic ring is 1. The number of anilines is 2. The summed E-state index contributed by atoms with van der Waals surface area (Å²) in [4.78, 5) is 0.910. The molecule has 0 aliphatic heterocycles. The molecule has 0 saturated carbocycles. The molecule has 0 amide bonds. The number of H-pyrrole nitrogens is 1. The molecule has 4 N–H and O–H groups in total. The van der Waals surface area contributed by atoms with Crippen LogP contribution in [-0.4, -0.2) is 24.9 Å². The van der Waals surface area contributed by atoms with Gasteiger partial charge in [-0.1, -0.05) is 6.07 Å². The van der Waals surface area contributed by atoms with Crippen LogP contribution in [0.4, 0.5) is 11.5 Å². The number of nitrogens with zero attached hydrogens (tertiary/aromatic N) is 1. The first-order valence-electron chi connectivity index (χ1n) is 4.98. The van der Waals surface area contributed by atoms with Crippen LogP contribution >= 0.6 is 11.8 Å². The van der Waals surface area contributed by atoms with Crippen molar-refractivity contribution >= 4 is 33.3 Å². The number of nitrogens with two attached hydrogens (primary N) is 1. The summed E-state index contributed by atoms with van der Waals surface area (Å²) in [7, 11) is -3.70. The number of aromatic nitrogens is 2. The molecule has 0 aliphatic carbocycles. The van der Waals surface area contributed by atoms with E-state index in [9.17, 15) is 8.42 Å². The number of sulfonamides is 1. The molecule has 0 unspecified atom stereocenters. The molecule has 2 aromatic rings. The van der Waals surface area contributed by atoms with Crippen LogP contribution in [0.3, 0.4) is 0 Å². The van der Waals surface area contributed by atoms with Gasteiger partial charge in [0.05, 0.1) is 6.20 Å². The second-order valence-corrected chi connectivity index (χ2v) is 6.02. The molecule has 8 heteroatoms. The van der Waals surface area contributed by atoms with Crippen molar-refractivity contribution in [2.24, 2.45) is 0 Å². The lowest BCUT2D eigenvalue weighted by molar-refractivity contribution is 0.601. The highest BCUT2D eigenvalue weighted by molar-refractivity contribution is 7.98. The lowest BCUT2D eigenvalue weighted by atomic mass is 10.3. The fraction of sp³-hybridized carbons (Fsp3) is 0.100. The van der Waals surface area contributed by atoms with Crippen LogP contribution in [0.25, 0.3) is 0 Å². The van der Waals surface area contributed by atoms with E-state index in [1.165, 1.54) is 18.0 Å². The Bertz CT molecular complexity index is 651. The maximum atomic E-state index is 12.0. The van der Waals surface area contributed by atoms with E-state index in [1.807, 2.05) is 12.3 Å². The Morgan fingerprint density at radius 2 is 2.22 bits per heavy atom. The molecule has 0 fully saturated rings. The summed E-state index contributed by atoms with van der Waals surface area (Å²) in [5, 5.41) is 5.98. The molecule has 0 spiro atoms. The summed E-state index contributed by atoms with van der Waals surface area (Å²) in [6, 6.07) is 7.10. The maximum absolute atomic E-state index is 12.0. The van der Waals surface area contributed by atoms with Gasteiger partial charge >= 0.3 is 0 Å². The van der Waals surface area contributed by atoms with Crippen LogP contribution in [-0.2, 0) is 10.0 Å². The third-order valence-corrected chi connectivity index (χ3v) is 4.38. The van der Waals surface area contributed by atoms with Crippen molar-refractivity contribution in [3.8, 4) is 0 Å². The molecule has 0 saturated heterocycles. The average molecular weight is 284 g/mol. The molecule has 1 aromatic carbocycles. The van der Waals surface area contributed by atoms with Crippen LogP contribution < -0.4 is 10.5 Å². The molecule has 0 radical (unpaired) electrons. The average Bonchev–Trinajstić information content (AvgIpc) is 2.76. The van der Waals surface area contributed by atoms with E-state index in [0.29, 0.717) is 5.69 Å². The van der Waals surface area contributed by atoms with Gasteiger partial charge in [-0.3, -0.25) is 9.82 Å². The van der Waals surface area contributed by atoms with Crippen molar-refractivity contribution in [3.63, 3.8) is 0 Å². The van der Waals surface area contributed by atoms with E-state index in [0.717, 1.165) is 4.90 Å². The molecule has 0 bridgehead atoms. The van der Waals surface area contributed by atoms with Gasteiger partial charge in [-0.05, 0) is 24.5 Å². The molecular formula is C10H12N4O2S2. The van der Waals surface area contributed by atoms with Gasteiger partial charge in [0.1, 0.15) is 10.7 Å². The Morgan fingerprint density at radius 1 is 1.44 bits per heavy atom. The largest absolute Gasteiger partial charge is 0.383 e. The van der Waals surface area contributed by atoms with Crippen molar-refractivity contribution in [1.29, 1.82) is 0 Å². The predicted octanol–water partition coefficient (Wildman–Crippen LogP) is 1.51. The SMILES string of the molecule is CSc1cccc(NS(=O)(=O)c2cn[nH]c2N)c1. The van der Waals surface area contributed by atoms with E-state index in [-0.39, 0.29) is 10.7 Å². The fourth-order valence-corrected chi connectivity index (χ4v) is 2.93. The molecule has 6 nitrogen and oxygen atoms in total. The summed E-state index contributed by atoms with van der Waals surface area (Å²) in [6.07, 6.45) is 3.10. The zero-order chi connectivity index (χ0) is 13.2. The smallest absolute Gasteiger partial charge is 0.267 e. The van der Waals surface area contributed by atoms with Gasteiger partial charge in [-0.25, -0.2) is 8.42 Å². The van der Waals surface area contributed by atoms with E-state index in [1.54, 1.807) is 18.2 Å². The van der Waals surface area contributed by atoms with Gasteiger partial charge in [0, 0.05) is 10.6 Å². The quantitative estimate of drug-likeness (QED) is 0.739. The number of hydrogen-bond acceptors (Lipinski definition) is 5. The normalized spacial score (nSPS) is 11.4. The van der Waals surface area contributed by atoms with Crippen LogP contribution in [0.1, 0.15) is 0 Å². The van der Waals surface area contributed by atoms with Crippen molar-refractivity contribution in [3.05, 3.63) is 30.5 Å². The van der Waals surface area contributed by atoms with Gasteiger partial charge in [-0.2, -0.15) is 5.10 Å². The van der Waals surface area contributed by atoms with Crippen molar-refractivity contribution in [1.82, 2.24) is 10.2 Å². The van der Waals surface area contributed by atoms with Gasteiger partial charge in [0.2, 0.25) is 0 Å². The van der Waals surface area contributed by atoms with E-state index < -0.39 is 10.0 Å². The summed E-state index contributed by atoms with van der Waals surface area (Å²) in [5.41, 5.74) is 5.98. The topological polar surface area (TPSA) is 101 Å². The summed E-state index contributed by atoms with van der Waals surface area (Å²) in [5.74, 6) is 0.0171. The van der Waals surface area contributed by atoms with Crippen LogP contribution in [0.15, 0.2) is 40.3 Å². The van der Waals surface area contributed by atoms with Gasteiger partial charge in [0.15, 0.2) is 0 Å². The number of hydrogen-bond donors (Lipinski definition) is 3. The Morgan fingerprint density at radius 3 is 2.83 bits per heavy atom. The minimum absolute atomic E-state index is 0.0171. The van der Waals surface area contributed by atoms with E-state index >= 15 is 0 Å². The van der Waals surface area contributed by atoms with Gasteiger partial charge < -0.3 is 5.73 Å². The zero-order valence-corrected chi connectivity index (χ0v) is 11.2. The summed E-state index contributed by atoms with van der Waals surface area (Å²) >= 11 is 1.53. The number of aromatic amines is 1. The zero-order valence-electron chi connectivity index (χ0n) is 9.54. The van der Waals surface area contributed by atoms with Gasteiger partial charge in [-0.15, -0.1) is 11.8 Å². The lowest BCUT2D eigenvalue weighted by Gasteiger charge is -2.07. The van der Waals surface area contributed by atoms with E-state index in [2.05, 4.69) is 14.9 Å². The molecule has 0 aliphatic rings. The lowest BCUT2D eigenvalue weighted by Crippen LogP contribution is -2.13. The molecule has 0 atom stereocenters. The van der Waals surface area contributed by atoms with Crippen molar-refractivity contribution < 1.29 is 8.42 Å². The van der Waals surface area contributed by atoms with Crippen LogP contribution in [0.2, 0.25) is 0 Å². The Balaban J connectivity index is 2.31. The first-order chi connectivity index (χ1) is 8.53. The van der Waals surface area contributed by atoms with Crippen LogP contribution in [0.5, 0.6) is 0 Å². The molecule has 1 aromatic heterocycles. The second-order valence-electron chi connectivity index (χ2n) is 3.49. The second kappa shape index (κ2) is 4.91. The monoisotopic (exact) mass is 284 g/mol. The summed E-state index contributed by atoms with van der Waals surface area (Å²) in [6.45, 7) is 0. The molecule has 18 heavy (non-hydrogen) atoms. The highest BCUT2D eigenvalue weighted by Crippen LogP contribution is 2.22. The van der Waals surface area contributed by atoms with Gasteiger partial charge in [0.25, 0.3) is 10.0 Å². The third-order valence-electron chi connectivity index (χ3n) is 2.24. The van der Waals surface area contributed by atoms with Crippen LogP contribution in [0, 0.1) is 0 Å². The number of benzene rings is 1. The molecule has 96 valence electrons. The maximum Gasteiger partial charge on any atom is 0.267 e. The first-order valence-corrected chi connectivity index (χ1v) is 7.69. The predicted molar refractivity (Wildman–Crippen MR) is 72.0 cm³/mol. The Kier molecular flexibility index (Phi) is 3.48. The Labute approximate surface area is 109 Å². The van der Waals surface area contributed by atoms with E-state index in [4.69, 9.17) is 5.73 Å². The first kappa shape index (κ1) is 12.8. The Hall–Kier alpha value is -1.67. The molecular weight excluding hydrogens is 272 g/mol.